The lowest BCUT2D eigenvalue weighted by atomic mass is 10.1. The lowest BCUT2D eigenvalue weighted by Crippen LogP contribution is -2.28. The Morgan fingerprint density at radius 1 is 1.33 bits per heavy atom. The molecule has 0 aliphatic carbocycles. The molecule has 1 rings (SSSR count). The van der Waals surface area contributed by atoms with Gasteiger partial charge >= 0.3 is 0 Å². The first-order valence-corrected chi connectivity index (χ1v) is 7.37. The first-order chi connectivity index (χ1) is 8.67. The highest BCUT2D eigenvalue weighted by Crippen LogP contribution is 2.15. The molecule has 0 aromatic heterocycles. The Balaban J connectivity index is 2.36. The first-order valence-electron chi connectivity index (χ1n) is 6.15. The van der Waals surface area contributed by atoms with Gasteiger partial charge in [-0.1, -0.05) is 12.1 Å². The summed E-state index contributed by atoms with van der Waals surface area (Å²) in [4.78, 5) is 14.6. The highest BCUT2D eigenvalue weighted by Gasteiger charge is 2.07. The van der Waals surface area contributed by atoms with Crippen LogP contribution in [0.3, 0.4) is 0 Å². The number of aliphatic hydroxyl groups is 1. The maximum atomic E-state index is 11.6. The zero-order valence-electron chi connectivity index (χ0n) is 11.1. The lowest BCUT2D eigenvalue weighted by Gasteiger charge is -2.17. The number of aliphatic hydroxyl groups excluding tert-OH is 1. The van der Waals surface area contributed by atoms with Crippen molar-refractivity contribution in [3.63, 3.8) is 0 Å². The zero-order chi connectivity index (χ0) is 13.4. The predicted octanol–water partition coefficient (Wildman–Crippen LogP) is 2.18. The lowest BCUT2D eigenvalue weighted by molar-refractivity contribution is -0.130. The standard InChI is InChI=1S/C14H21NO2S/c1-15(14(17)4-3-11-16)10-9-12-5-7-13(18-2)8-6-12/h5-8,16H,3-4,9-11H2,1-2H3. The van der Waals surface area contributed by atoms with Gasteiger partial charge in [0.1, 0.15) is 0 Å². The number of amides is 1. The van der Waals surface area contributed by atoms with Crippen molar-refractivity contribution in [1.29, 1.82) is 0 Å². The van der Waals surface area contributed by atoms with Crippen molar-refractivity contribution in [2.75, 3.05) is 26.5 Å². The Kier molecular flexibility index (Phi) is 6.83. The molecule has 18 heavy (non-hydrogen) atoms. The molecule has 0 aliphatic heterocycles. The van der Waals surface area contributed by atoms with Gasteiger partial charge in [-0.3, -0.25) is 4.79 Å². The van der Waals surface area contributed by atoms with Crippen LogP contribution in [-0.2, 0) is 11.2 Å². The number of rotatable bonds is 7. The molecule has 1 N–H and O–H groups in total. The number of likely N-dealkylation sites (N-methyl/N-ethyl adjacent to an activating group) is 1. The minimum Gasteiger partial charge on any atom is -0.396 e. The van der Waals surface area contributed by atoms with Crippen LogP contribution in [-0.4, -0.2) is 42.4 Å². The third-order valence-electron chi connectivity index (χ3n) is 2.87. The molecule has 0 atom stereocenters. The van der Waals surface area contributed by atoms with Gasteiger partial charge in [-0.05, 0) is 36.8 Å². The number of thioether (sulfide) groups is 1. The van der Waals surface area contributed by atoms with Crippen molar-refractivity contribution in [1.82, 2.24) is 4.90 Å². The molecule has 0 saturated carbocycles. The molecule has 4 heteroatoms. The normalized spacial score (nSPS) is 10.4. The number of nitrogens with zero attached hydrogens (tertiary/aromatic N) is 1. The molecule has 0 fully saturated rings. The Morgan fingerprint density at radius 2 is 2.00 bits per heavy atom. The van der Waals surface area contributed by atoms with Gasteiger partial charge in [0.2, 0.25) is 5.91 Å². The van der Waals surface area contributed by atoms with Crippen molar-refractivity contribution in [3.05, 3.63) is 29.8 Å². The van der Waals surface area contributed by atoms with Gasteiger partial charge < -0.3 is 10.0 Å². The Bertz CT molecular complexity index is 365. The van der Waals surface area contributed by atoms with Crippen LogP contribution in [0, 0.1) is 0 Å². The second-order valence-corrected chi connectivity index (χ2v) is 5.12. The van der Waals surface area contributed by atoms with E-state index in [9.17, 15) is 4.79 Å². The van der Waals surface area contributed by atoms with Crippen LogP contribution in [0.25, 0.3) is 0 Å². The van der Waals surface area contributed by atoms with Gasteiger partial charge in [0.15, 0.2) is 0 Å². The van der Waals surface area contributed by atoms with Crippen LogP contribution in [0.4, 0.5) is 0 Å². The van der Waals surface area contributed by atoms with Crippen LogP contribution >= 0.6 is 11.8 Å². The van der Waals surface area contributed by atoms with E-state index >= 15 is 0 Å². The highest BCUT2D eigenvalue weighted by atomic mass is 32.2. The molecule has 0 heterocycles. The third-order valence-corrected chi connectivity index (χ3v) is 3.61. The third kappa shape index (κ3) is 5.10. The molecular weight excluding hydrogens is 246 g/mol. The molecule has 1 aromatic carbocycles. The summed E-state index contributed by atoms with van der Waals surface area (Å²) < 4.78 is 0. The SMILES string of the molecule is CSc1ccc(CCN(C)C(=O)CCCO)cc1. The second-order valence-electron chi connectivity index (χ2n) is 4.24. The smallest absolute Gasteiger partial charge is 0.222 e. The molecule has 0 bridgehead atoms. The summed E-state index contributed by atoms with van der Waals surface area (Å²) in [7, 11) is 1.82. The molecule has 1 aromatic rings. The summed E-state index contributed by atoms with van der Waals surface area (Å²) in [5.74, 6) is 0.102. The van der Waals surface area contributed by atoms with E-state index in [-0.39, 0.29) is 12.5 Å². The summed E-state index contributed by atoms with van der Waals surface area (Å²) in [6.45, 7) is 0.804. The molecule has 0 saturated heterocycles. The number of carbonyl (C=O) groups excluding carboxylic acids is 1. The van der Waals surface area contributed by atoms with E-state index in [2.05, 4.69) is 30.5 Å². The minimum atomic E-state index is 0.0791. The summed E-state index contributed by atoms with van der Waals surface area (Å²) in [6.07, 6.45) is 3.91. The summed E-state index contributed by atoms with van der Waals surface area (Å²) >= 11 is 1.73. The average Bonchev–Trinajstić information content (AvgIpc) is 2.42. The number of benzene rings is 1. The average molecular weight is 267 g/mol. The number of hydrogen-bond donors (Lipinski definition) is 1. The molecule has 0 radical (unpaired) electrons. The maximum absolute atomic E-state index is 11.6. The van der Waals surface area contributed by atoms with Gasteiger partial charge in [-0.25, -0.2) is 0 Å². The maximum Gasteiger partial charge on any atom is 0.222 e. The second kappa shape index (κ2) is 8.16. The molecular formula is C14H21NO2S. The Hall–Kier alpha value is -1.00. The van der Waals surface area contributed by atoms with Gasteiger partial charge in [0.05, 0.1) is 0 Å². The van der Waals surface area contributed by atoms with E-state index in [4.69, 9.17) is 5.11 Å². The van der Waals surface area contributed by atoms with Crippen molar-refractivity contribution < 1.29 is 9.90 Å². The van der Waals surface area contributed by atoms with Crippen LogP contribution in [0.2, 0.25) is 0 Å². The van der Waals surface area contributed by atoms with Gasteiger partial charge in [0, 0.05) is 31.5 Å². The fourth-order valence-corrected chi connectivity index (χ4v) is 2.04. The Morgan fingerprint density at radius 3 is 2.56 bits per heavy atom. The van der Waals surface area contributed by atoms with E-state index in [1.54, 1.807) is 16.7 Å². The van der Waals surface area contributed by atoms with E-state index in [1.807, 2.05) is 7.05 Å². The number of carbonyl (C=O) groups is 1. The molecule has 0 aliphatic rings. The van der Waals surface area contributed by atoms with Crippen LogP contribution in [0.15, 0.2) is 29.2 Å². The van der Waals surface area contributed by atoms with Crippen molar-refractivity contribution >= 4 is 17.7 Å². The Labute approximate surface area is 113 Å². The summed E-state index contributed by atoms with van der Waals surface area (Å²) in [5.41, 5.74) is 1.25. The number of hydrogen-bond acceptors (Lipinski definition) is 3. The zero-order valence-corrected chi connectivity index (χ0v) is 11.9. The fraction of sp³-hybridized carbons (Fsp3) is 0.500. The monoisotopic (exact) mass is 267 g/mol. The largest absolute Gasteiger partial charge is 0.396 e. The molecule has 0 unspecified atom stereocenters. The van der Waals surface area contributed by atoms with E-state index in [1.165, 1.54) is 10.5 Å². The van der Waals surface area contributed by atoms with Crippen LogP contribution in [0.5, 0.6) is 0 Å². The molecule has 1 amide bonds. The van der Waals surface area contributed by atoms with Crippen molar-refractivity contribution in [2.24, 2.45) is 0 Å². The minimum absolute atomic E-state index is 0.0791. The molecule has 0 spiro atoms. The van der Waals surface area contributed by atoms with Gasteiger partial charge in [-0.15, -0.1) is 11.8 Å². The summed E-state index contributed by atoms with van der Waals surface area (Å²) in [5, 5.41) is 8.68. The fourth-order valence-electron chi connectivity index (χ4n) is 1.63. The first kappa shape index (κ1) is 15.1. The summed E-state index contributed by atoms with van der Waals surface area (Å²) in [6, 6.07) is 8.43. The van der Waals surface area contributed by atoms with Crippen LogP contribution in [0.1, 0.15) is 18.4 Å². The van der Waals surface area contributed by atoms with Crippen LogP contribution < -0.4 is 0 Å². The van der Waals surface area contributed by atoms with E-state index < -0.39 is 0 Å². The van der Waals surface area contributed by atoms with Gasteiger partial charge in [0.25, 0.3) is 0 Å². The molecule has 3 nitrogen and oxygen atoms in total. The van der Waals surface area contributed by atoms with E-state index in [0.29, 0.717) is 12.8 Å². The quantitative estimate of drug-likeness (QED) is 0.770. The van der Waals surface area contributed by atoms with Crippen molar-refractivity contribution in [3.8, 4) is 0 Å². The predicted molar refractivity (Wildman–Crippen MR) is 75.9 cm³/mol. The van der Waals surface area contributed by atoms with Crippen molar-refractivity contribution in [2.45, 2.75) is 24.2 Å². The topological polar surface area (TPSA) is 40.5 Å². The van der Waals surface area contributed by atoms with E-state index in [0.717, 1.165) is 13.0 Å². The molecule has 100 valence electrons. The van der Waals surface area contributed by atoms with Gasteiger partial charge in [-0.2, -0.15) is 0 Å². The highest BCUT2D eigenvalue weighted by molar-refractivity contribution is 7.98.